The first-order valence-corrected chi connectivity index (χ1v) is 7.38. The number of hydrogen-bond acceptors (Lipinski definition) is 4. The van der Waals surface area contributed by atoms with E-state index in [4.69, 9.17) is 4.42 Å². The molecule has 0 saturated heterocycles. The van der Waals surface area contributed by atoms with Crippen LogP contribution in [0.3, 0.4) is 0 Å². The molecule has 110 valence electrons. The zero-order chi connectivity index (χ0) is 15.2. The predicted octanol–water partition coefficient (Wildman–Crippen LogP) is 2.45. The lowest BCUT2D eigenvalue weighted by Gasteiger charge is -2.07. The van der Waals surface area contributed by atoms with Gasteiger partial charge in [0, 0.05) is 4.90 Å². The Morgan fingerprint density at radius 3 is 2.57 bits per heavy atom. The van der Waals surface area contributed by atoms with E-state index in [0.717, 1.165) is 10.5 Å². The molecule has 1 aromatic carbocycles. The zero-order valence-corrected chi connectivity index (χ0v) is 12.6. The van der Waals surface area contributed by atoms with Crippen LogP contribution >= 0.6 is 11.8 Å². The summed E-state index contributed by atoms with van der Waals surface area (Å²) in [5, 5.41) is 0. The van der Waals surface area contributed by atoms with Crippen LogP contribution in [0.1, 0.15) is 21.7 Å². The monoisotopic (exact) mass is 304 g/mol. The molecule has 5 nitrogen and oxygen atoms in total. The summed E-state index contributed by atoms with van der Waals surface area (Å²) in [6.45, 7) is 3.68. The summed E-state index contributed by atoms with van der Waals surface area (Å²) in [4.78, 5) is 24.5. The third-order valence-corrected chi connectivity index (χ3v) is 4.05. The molecular weight excluding hydrogens is 288 g/mol. The Bertz CT molecular complexity index is 652. The maximum absolute atomic E-state index is 11.8. The van der Waals surface area contributed by atoms with Crippen molar-refractivity contribution < 1.29 is 14.0 Å². The van der Waals surface area contributed by atoms with Crippen molar-refractivity contribution in [3.63, 3.8) is 0 Å². The highest BCUT2D eigenvalue weighted by Crippen LogP contribution is 2.21. The van der Waals surface area contributed by atoms with Gasteiger partial charge in [-0.3, -0.25) is 20.4 Å². The second kappa shape index (κ2) is 6.99. The molecule has 0 bridgehead atoms. The van der Waals surface area contributed by atoms with Crippen LogP contribution < -0.4 is 10.9 Å². The Labute approximate surface area is 127 Å². The van der Waals surface area contributed by atoms with Gasteiger partial charge in [0.1, 0.15) is 5.76 Å². The van der Waals surface area contributed by atoms with Crippen molar-refractivity contribution in [3.05, 3.63) is 53.5 Å². The lowest BCUT2D eigenvalue weighted by Crippen LogP contribution is -2.42. The number of amides is 2. The van der Waals surface area contributed by atoms with Crippen molar-refractivity contribution in [2.24, 2.45) is 0 Å². The number of hydrogen-bond donors (Lipinski definition) is 2. The maximum atomic E-state index is 11.8. The molecule has 0 radical (unpaired) electrons. The Hall–Kier alpha value is -2.21. The summed E-state index contributed by atoms with van der Waals surface area (Å²) in [5.41, 5.74) is 6.27. The molecule has 2 aromatic rings. The Balaban J connectivity index is 1.79. The number of aryl methyl sites for hydroxylation is 2. The number of carbonyl (C=O) groups is 2. The van der Waals surface area contributed by atoms with E-state index in [1.165, 1.54) is 18.0 Å². The van der Waals surface area contributed by atoms with E-state index >= 15 is 0 Å². The predicted molar refractivity (Wildman–Crippen MR) is 81.0 cm³/mol. The molecule has 2 amide bonds. The molecule has 6 heteroatoms. The second-order valence-corrected chi connectivity index (χ2v) is 5.46. The molecule has 1 aromatic heterocycles. The molecule has 1 heterocycles. The van der Waals surface area contributed by atoms with Crippen molar-refractivity contribution in [1.82, 2.24) is 10.9 Å². The highest BCUT2D eigenvalue weighted by molar-refractivity contribution is 8.00. The molecule has 0 saturated carbocycles. The van der Waals surface area contributed by atoms with Crippen LogP contribution in [-0.4, -0.2) is 17.6 Å². The van der Waals surface area contributed by atoms with E-state index in [-0.39, 0.29) is 11.7 Å². The Morgan fingerprint density at radius 1 is 1.14 bits per heavy atom. The molecule has 0 spiro atoms. The smallest absolute Gasteiger partial charge is 0.273 e. The number of benzene rings is 1. The van der Waals surface area contributed by atoms with Gasteiger partial charge >= 0.3 is 0 Å². The van der Waals surface area contributed by atoms with Gasteiger partial charge in [0.15, 0.2) is 0 Å². The first-order chi connectivity index (χ1) is 10.1. The Morgan fingerprint density at radius 2 is 1.90 bits per heavy atom. The van der Waals surface area contributed by atoms with Crippen molar-refractivity contribution in [2.75, 3.05) is 5.75 Å². The maximum Gasteiger partial charge on any atom is 0.273 e. The molecule has 2 N–H and O–H groups in total. The summed E-state index contributed by atoms with van der Waals surface area (Å²) in [7, 11) is 0. The quantitative estimate of drug-likeness (QED) is 0.672. The minimum Gasteiger partial charge on any atom is -0.469 e. The standard InChI is InChI=1S/C15H16N2O3S/c1-10-5-3-4-6-13(10)21-9-14(18)16-17-15(19)12-7-8-20-11(12)2/h3-8H,9H2,1-2H3,(H,16,18)(H,17,19). The van der Waals surface area contributed by atoms with Crippen LogP contribution in [-0.2, 0) is 4.79 Å². The van der Waals surface area contributed by atoms with Gasteiger partial charge in [-0.1, -0.05) is 18.2 Å². The van der Waals surface area contributed by atoms with Gasteiger partial charge in [-0.05, 0) is 31.5 Å². The van der Waals surface area contributed by atoms with Gasteiger partial charge in [0.2, 0.25) is 5.91 Å². The van der Waals surface area contributed by atoms with Crippen molar-refractivity contribution >= 4 is 23.6 Å². The van der Waals surface area contributed by atoms with Crippen molar-refractivity contribution in [3.8, 4) is 0 Å². The highest BCUT2D eigenvalue weighted by Gasteiger charge is 2.12. The summed E-state index contributed by atoms with van der Waals surface area (Å²) in [6.07, 6.45) is 1.43. The number of rotatable bonds is 4. The summed E-state index contributed by atoms with van der Waals surface area (Å²) >= 11 is 1.43. The van der Waals surface area contributed by atoms with Gasteiger partial charge in [-0.2, -0.15) is 0 Å². The first kappa shape index (κ1) is 15.2. The van der Waals surface area contributed by atoms with Crippen LogP contribution in [0.15, 0.2) is 45.9 Å². The summed E-state index contributed by atoms with van der Waals surface area (Å²) in [6, 6.07) is 9.38. The zero-order valence-electron chi connectivity index (χ0n) is 11.8. The molecule has 0 aliphatic rings. The number of nitrogens with one attached hydrogen (secondary N) is 2. The van der Waals surface area contributed by atoms with E-state index < -0.39 is 5.91 Å². The third-order valence-electron chi connectivity index (χ3n) is 2.87. The topological polar surface area (TPSA) is 71.3 Å². The average molecular weight is 304 g/mol. The molecule has 0 atom stereocenters. The number of hydrazine groups is 1. The van der Waals surface area contributed by atoms with Crippen LogP contribution in [0.25, 0.3) is 0 Å². The van der Waals surface area contributed by atoms with E-state index in [0.29, 0.717) is 11.3 Å². The number of carbonyl (C=O) groups excluding carboxylic acids is 2. The SMILES string of the molecule is Cc1ccccc1SCC(=O)NNC(=O)c1ccoc1C. The fourth-order valence-electron chi connectivity index (χ4n) is 1.71. The van der Waals surface area contributed by atoms with E-state index in [9.17, 15) is 9.59 Å². The van der Waals surface area contributed by atoms with Crippen molar-refractivity contribution in [2.45, 2.75) is 18.7 Å². The van der Waals surface area contributed by atoms with Gasteiger partial charge in [-0.25, -0.2) is 0 Å². The van der Waals surface area contributed by atoms with Gasteiger partial charge in [-0.15, -0.1) is 11.8 Å². The molecular formula is C15H16N2O3S. The number of thioether (sulfide) groups is 1. The third kappa shape index (κ3) is 4.13. The van der Waals surface area contributed by atoms with Crippen LogP contribution in [0.2, 0.25) is 0 Å². The van der Waals surface area contributed by atoms with Gasteiger partial charge in [0.25, 0.3) is 5.91 Å². The molecule has 21 heavy (non-hydrogen) atoms. The van der Waals surface area contributed by atoms with Gasteiger partial charge < -0.3 is 4.42 Å². The molecule has 0 unspecified atom stereocenters. The normalized spacial score (nSPS) is 10.2. The lowest BCUT2D eigenvalue weighted by molar-refractivity contribution is -0.119. The summed E-state index contributed by atoms with van der Waals surface area (Å²) < 4.78 is 5.03. The highest BCUT2D eigenvalue weighted by atomic mass is 32.2. The summed E-state index contributed by atoms with van der Waals surface area (Å²) in [5.74, 6) is 0.0828. The largest absolute Gasteiger partial charge is 0.469 e. The lowest BCUT2D eigenvalue weighted by atomic mass is 10.2. The molecule has 0 aliphatic carbocycles. The Kier molecular flexibility index (Phi) is 5.05. The van der Waals surface area contributed by atoms with Crippen LogP contribution in [0.4, 0.5) is 0 Å². The molecule has 0 aliphatic heterocycles. The number of furan rings is 1. The van der Waals surface area contributed by atoms with Crippen LogP contribution in [0, 0.1) is 13.8 Å². The average Bonchev–Trinajstić information content (AvgIpc) is 2.90. The fraction of sp³-hybridized carbons (Fsp3) is 0.200. The minimum absolute atomic E-state index is 0.232. The van der Waals surface area contributed by atoms with E-state index in [1.54, 1.807) is 13.0 Å². The van der Waals surface area contributed by atoms with Gasteiger partial charge in [0.05, 0.1) is 17.6 Å². The van der Waals surface area contributed by atoms with Crippen molar-refractivity contribution in [1.29, 1.82) is 0 Å². The minimum atomic E-state index is -0.393. The second-order valence-electron chi connectivity index (χ2n) is 4.45. The first-order valence-electron chi connectivity index (χ1n) is 6.39. The van der Waals surface area contributed by atoms with Crippen LogP contribution in [0.5, 0.6) is 0 Å². The molecule has 0 fully saturated rings. The molecule has 2 rings (SSSR count). The van der Waals surface area contributed by atoms with E-state index in [1.807, 2.05) is 31.2 Å². The fourth-order valence-corrected chi connectivity index (χ4v) is 2.54. The van der Waals surface area contributed by atoms with E-state index in [2.05, 4.69) is 10.9 Å².